The number of nitrogens with zero attached hydrogens (tertiary/aromatic N) is 3. The lowest BCUT2D eigenvalue weighted by atomic mass is 9.82. The van der Waals surface area contributed by atoms with Gasteiger partial charge in [-0.05, 0) is 24.8 Å². The monoisotopic (exact) mass is 366 g/mol. The molecule has 1 saturated heterocycles. The maximum Gasteiger partial charge on any atom is 0.222 e. The number of benzene rings is 1. The van der Waals surface area contributed by atoms with Crippen molar-refractivity contribution in [2.75, 3.05) is 44.7 Å². The highest BCUT2D eigenvalue weighted by molar-refractivity contribution is 5.98. The molecule has 2 aliphatic rings. The van der Waals surface area contributed by atoms with Crippen LogP contribution in [0.4, 0.5) is 5.95 Å². The fraction of sp³-hybridized carbons (Fsp3) is 0.476. The third-order valence-corrected chi connectivity index (χ3v) is 5.40. The summed E-state index contributed by atoms with van der Waals surface area (Å²) >= 11 is 0. The van der Waals surface area contributed by atoms with Gasteiger partial charge in [0.25, 0.3) is 0 Å². The number of hydrogen-bond acceptors (Lipinski definition) is 6. The number of carbonyl (C=O) groups is 1. The number of ether oxygens (including phenoxy) is 1. The van der Waals surface area contributed by atoms with Gasteiger partial charge < -0.3 is 10.1 Å². The molecule has 0 bridgehead atoms. The van der Waals surface area contributed by atoms with Gasteiger partial charge in [0.05, 0.1) is 24.5 Å². The molecule has 1 aromatic heterocycles. The van der Waals surface area contributed by atoms with E-state index in [4.69, 9.17) is 4.74 Å². The molecule has 0 saturated carbocycles. The summed E-state index contributed by atoms with van der Waals surface area (Å²) in [6.07, 6.45) is 3.00. The molecular weight excluding hydrogens is 340 g/mol. The molecule has 0 spiro atoms. The van der Waals surface area contributed by atoms with E-state index >= 15 is 0 Å². The van der Waals surface area contributed by atoms with Crippen LogP contribution in [0.3, 0.4) is 0 Å². The zero-order chi connectivity index (χ0) is 18.6. The molecule has 142 valence electrons. The fourth-order valence-corrected chi connectivity index (χ4v) is 3.76. The molecule has 6 heteroatoms. The predicted octanol–water partition coefficient (Wildman–Crippen LogP) is 2.44. The van der Waals surface area contributed by atoms with Crippen LogP contribution in [0.2, 0.25) is 0 Å². The first-order chi connectivity index (χ1) is 13.2. The first-order valence-corrected chi connectivity index (χ1v) is 9.69. The van der Waals surface area contributed by atoms with Gasteiger partial charge in [-0.1, -0.05) is 29.8 Å². The van der Waals surface area contributed by atoms with E-state index in [1.54, 1.807) is 6.20 Å². The number of nitrogens with one attached hydrogen (secondary N) is 1. The van der Waals surface area contributed by atoms with E-state index in [-0.39, 0.29) is 11.7 Å². The van der Waals surface area contributed by atoms with Crippen molar-refractivity contribution in [1.82, 2.24) is 14.9 Å². The van der Waals surface area contributed by atoms with E-state index in [0.29, 0.717) is 17.9 Å². The summed E-state index contributed by atoms with van der Waals surface area (Å²) in [6.45, 7) is 7.35. The highest BCUT2D eigenvalue weighted by Gasteiger charge is 2.28. The van der Waals surface area contributed by atoms with Crippen molar-refractivity contribution in [3.63, 3.8) is 0 Å². The molecule has 0 amide bonds. The van der Waals surface area contributed by atoms with Crippen LogP contribution in [0, 0.1) is 6.92 Å². The Labute approximate surface area is 160 Å². The molecule has 27 heavy (non-hydrogen) atoms. The van der Waals surface area contributed by atoms with Crippen LogP contribution in [0.25, 0.3) is 0 Å². The first kappa shape index (κ1) is 18.1. The SMILES string of the molecule is Cc1ccc([C@H]2CC(=O)c3cnc(NCCN4CCOCC4)nc3C2)cc1. The fourth-order valence-electron chi connectivity index (χ4n) is 3.76. The van der Waals surface area contributed by atoms with Gasteiger partial charge in [0, 0.05) is 38.8 Å². The summed E-state index contributed by atoms with van der Waals surface area (Å²) in [6, 6.07) is 8.46. The standard InChI is InChI=1S/C21H26N4O2/c1-15-2-4-16(5-3-15)17-12-19-18(20(26)13-17)14-23-21(24-19)22-6-7-25-8-10-27-11-9-25/h2-5,14,17H,6-13H2,1H3,(H,22,23,24)/t17-/m1/s1. The lowest BCUT2D eigenvalue weighted by Gasteiger charge is -2.26. The summed E-state index contributed by atoms with van der Waals surface area (Å²) in [5, 5.41) is 3.30. The quantitative estimate of drug-likeness (QED) is 0.877. The summed E-state index contributed by atoms with van der Waals surface area (Å²) in [5.74, 6) is 0.947. The van der Waals surface area contributed by atoms with Crippen molar-refractivity contribution in [1.29, 1.82) is 0 Å². The lowest BCUT2D eigenvalue weighted by Crippen LogP contribution is -2.39. The average Bonchev–Trinajstić information content (AvgIpc) is 2.69. The number of carbonyl (C=O) groups excluding carboxylic acids is 1. The zero-order valence-corrected chi connectivity index (χ0v) is 15.8. The summed E-state index contributed by atoms with van der Waals surface area (Å²) in [5.41, 5.74) is 3.98. The number of morpholine rings is 1. The molecule has 0 unspecified atom stereocenters. The van der Waals surface area contributed by atoms with Crippen molar-refractivity contribution >= 4 is 11.7 Å². The largest absolute Gasteiger partial charge is 0.379 e. The molecule has 2 aromatic rings. The van der Waals surface area contributed by atoms with Crippen LogP contribution in [0.5, 0.6) is 0 Å². The van der Waals surface area contributed by atoms with Gasteiger partial charge in [0.2, 0.25) is 5.95 Å². The van der Waals surface area contributed by atoms with Gasteiger partial charge in [-0.2, -0.15) is 0 Å². The minimum atomic E-state index is 0.140. The van der Waals surface area contributed by atoms with E-state index in [0.717, 1.165) is 51.5 Å². The zero-order valence-electron chi connectivity index (χ0n) is 15.8. The van der Waals surface area contributed by atoms with Gasteiger partial charge in [0.15, 0.2) is 5.78 Å². The Kier molecular flexibility index (Phi) is 5.45. The first-order valence-electron chi connectivity index (χ1n) is 9.69. The van der Waals surface area contributed by atoms with Crippen LogP contribution in [0.1, 0.15) is 39.5 Å². The molecule has 1 N–H and O–H groups in total. The summed E-state index contributed by atoms with van der Waals surface area (Å²) < 4.78 is 5.37. The van der Waals surface area contributed by atoms with Crippen molar-refractivity contribution in [3.05, 3.63) is 52.8 Å². The Hall–Kier alpha value is -2.31. The highest BCUT2D eigenvalue weighted by Crippen LogP contribution is 2.32. The maximum atomic E-state index is 12.5. The van der Waals surface area contributed by atoms with E-state index in [1.807, 2.05) is 0 Å². The molecule has 0 radical (unpaired) electrons. The molecule has 1 aromatic carbocycles. The number of aromatic nitrogens is 2. The van der Waals surface area contributed by atoms with E-state index in [9.17, 15) is 4.79 Å². The number of fused-ring (bicyclic) bond motifs is 1. The molecule has 1 atom stereocenters. The highest BCUT2D eigenvalue weighted by atomic mass is 16.5. The van der Waals surface area contributed by atoms with Crippen molar-refractivity contribution in [2.24, 2.45) is 0 Å². The normalized spacial score (nSPS) is 20.3. The number of rotatable bonds is 5. The molecule has 6 nitrogen and oxygen atoms in total. The van der Waals surface area contributed by atoms with Gasteiger partial charge in [0.1, 0.15) is 0 Å². The Morgan fingerprint density at radius 3 is 2.74 bits per heavy atom. The van der Waals surface area contributed by atoms with Crippen LogP contribution >= 0.6 is 0 Å². The van der Waals surface area contributed by atoms with Crippen molar-refractivity contribution < 1.29 is 9.53 Å². The molecule has 4 rings (SSSR count). The van der Waals surface area contributed by atoms with Gasteiger partial charge in [-0.15, -0.1) is 0 Å². The number of ketones is 1. The second-order valence-electron chi connectivity index (χ2n) is 7.37. The number of anilines is 1. The van der Waals surface area contributed by atoms with E-state index < -0.39 is 0 Å². The van der Waals surface area contributed by atoms with Crippen LogP contribution in [0.15, 0.2) is 30.5 Å². The van der Waals surface area contributed by atoms with E-state index in [1.165, 1.54) is 11.1 Å². The van der Waals surface area contributed by atoms with Crippen LogP contribution < -0.4 is 5.32 Å². The Morgan fingerprint density at radius 1 is 1.19 bits per heavy atom. The van der Waals surface area contributed by atoms with Crippen LogP contribution in [-0.2, 0) is 11.2 Å². The van der Waals surface area contributed by atoms with Crippen molar-refractivity contribution in [2.45, 2.75) is 25.7 Å². The number of hydrogen-bond donors (Lipinski definition) is 1. The second kappa shape index (κ2) is 8.15. The molecule has 2 heterocycles. The Morgan fingerprint density at radius 2 is 1.96 bits per heavy atom. The van der Waals surface area contributed by atoms with Crippen molar-refractivity contribution in [3.8, 4) is 0 Å². The topological polar surface area (TPSA) is 67.4 Å². The predicted molar refractivity (Wildman–Crippen MR) is 104 cm³/mol. The molecule has 1 aliphatic carbocycles. The third kappa shape index (κ3) is 4.34. The molecular formula is C21H26N4O2. The Balaban J connectivity index is 1.42. The average molecular weight is 366 g/mol. The third-order valence-electron chi connectivity index (χ3n) is 5.40. The smallest absolute Gasteiger partial charge is 0.222 e. The van der Waals surface area contributed by atoms with Gasteiger partial charge in [-0.3, -0.25) is 9.69 Å². The Bertz CT molecular complexity index is 800. The number of aryl methyl sites for hydroxylation is 1. The summed E-state index contributed by atoms with van der Waals surface area (Å²) in [7, 11) is 0. The number of Topliss-reactive ketones (excluding diaryl/α,β-unsaturated/α-hetero) is 1. The molecule has 1 fully saturated rings. The van der Waals surface area contributed by atoms with E-state index in [2.05, 4.69) is 51.4 Å². The minimum Gasteiger partial charge on any atom is -0.379 e. The lowest BCUT2D eigenvalue weighted by molar-refractivity contribution is 0.0398. The minimum absolute atomic E-state index is 0.140. The van der Waals surface area contributed by atoms with Gasteiger partial charge >= 0.3 is 0 Å². The molecule has 1 aliphatic heterocycles. The second-order valence-corrected chi connectivity index (χ2v) is 7.37. The van der Waals surface area contributed by atoms with Crippen LogP contribution in [-0.4, -0.2) is 60.0 Å². The summed E-state index contributed by atoms with van der Waals surface area (Å²) in [4.78, 5) is 23.9. The van der Waals surface area contributed by atoms with Gasteiger partial charge in [-0.25, -0.2) is 9.97 Å². The maximum absolute atomic E-state index is 12.5.